The first kappa shape index (κ1) is 15.3. The molecule has 4 nitrogen and oxygen atoms in total. The summed E-state index contributed by atoms with van der Waals surface area (Å²) in [6.45, 7) is 2.81. The second kappa shape index (κ2) is 7.64. The van der Waals surface area contributed by atoms with Gasteiger partial charge in [-0.3, -0.25) is 4.79 Å². The minimum Gasteiger partial charge on any atom is -0.493 e. The van der Waals surface area contributed by atoms with Gasteiger partial charge >= 0.3 is 0 Å². The van der Waals surface area contributed by atoms with Crippen LogP contribution in [0.25, 0.3) is 0 Å². The van der Waals surface area contributed by atoms with Crippen molar-refractivity contribution in [1.29, 1.82) is 0 Å². The molecule has 5 heteroatoms. The zero-order chi connectivity index (χ0) is 14.4. The maximum atomic E-state index is 12.1. The van der Waals surface area contributed by atoms with Gasteiger partial charge in [0, 0.05) is 17.6 Å². The highest BCUT2D eigenvalue weighted by Gasteiger charge is 2.21. The van der Waals surface area contributed by atoms with E-state index >= 15 is 0 Å². The summed E-state index contributed by atoms with van der Waals surface area (Å²) in [7, 11) is 0. The van der Waals surface area contributed by atoms with Gasteiger partial charge in [0.25, 0.3) is 0 Å². The lowest BCUT2D eigenvalue weighted by molar-refractivity contribution is -0.133. The Bertz CT molecular complexity index is 445. The molecule has 0 aromatic heterocycles. The number of halogens is 1. The number of amides is 1. The molecule has 0 unspecified atom stereocenters. The zero-order valence-corrected chi connectivity index (χ0v) is 13.1. The van der Waals surface area contributed by atoms with E-state index in [-0.39, 0.29) is 5.91 Å². The lowest BCUT2D eigenvalue weighted by Crippen LogP contribution is -2.40. The van der Waals surface area contributed by atoms with Crippen LogP contribution < -0.4 is 10.5 Å². The second-order valence-electron chi connectivity index (χ2n) is 5.12. The number of likely N-dealkylation sites (tertiary alicyclic amines) is 1. The number of hydrogen-bond acceptors (Lipinski definition) is 3. The summed E-state index contributed by atoms with van der Waals surface area (Å²) in [5.74, 6) is 1.54. The fourth-order valence-electron chi connectivity index (χ4n) is 2.39. The van der Waals surface area contributed by atoms with Crippen molar-refractivity contribution < 1.29 is 9.53 Å². The fourth-order valence-corrected chi connectivity index (χ4v) is 2.77. The van der Waals surface area contributed by atoms with Gasteiger partial charge in [0.15, 0.2) is 0 Å². The van der Waals surface area contributed by atoms with E-state index in [1.54, 1.807) is 0 Å². The Morgan fingerprint density at radius 1 is 1.40 bits per heavy atom. The third-order valence-corrected chi connectivity index (χ3v) is 4.17. The molecule has 1 heterocycles. The first-order valence-corrected chi connectivity index (χ1v) is 7.84. The maximum absolute atomic E-state index is 12.1. The van der Waals surface area contributed by atoms with Crippen molar-refractivity contribution in [1.82, 2.24) is 4.90 Å². The predicted molar refractivity (Wildman–Crippen MR) is 82.6 cm³/mol. The van der Waals surface area contributed by atoms with Crippen LogP contribution in [0.4, 0.5) is 0 Å². The van der Waals surface area contributed by atoms with Gasteiger partial charge in [-0.2, -0.15) is 0 Å². The Balaban J connectivity index is 1.70. The molecule has 0 saturated carbocycles. The normalized spacial score (nSPS) is 16.2. The van der Waals surface area contributed by atoms with E-state index in [0.717, 1.165) is 42.7 Å². The van der Waals surface area contributed by atoms with E-state index in [9.17, 15) is 4.79 Å². The SMILES string of the molecule is NCC1CCN(C(=O)CCOc2cccc(Br)c2)CC1. The van der Waals surface area contributed by atoms with Gasteiger partial charge in [0.1, 0.15) is 5.75 Å². The van der Waals surface area contributed by atoms with Gasteiger partial charge < -0.3 is 15.4 Å². The predicted octanol–water partition coefficient (Wildman–Crippen LogP) is 2.42. The Morgan fingerprint density at radius 2 is 2.15 bits per heavy atom. The number of piperidine rings is 1. The summed E-state index contributed by atoms with van der Waals surface area (Å²) in [5.41, 5.74) is 5.65. The van der Waals surface area contributed by atoms with E-state index in [1.165, 1.54) is 0 Å². The summed E-state index contributed by atoms with van der Waals surface area (Å²) in [6.07, 6.45) is 2.48. The molecule has 110 valence electrons. The molecule has 0 aliphatic carbocycles. The molecule has 2 N–H and O–H groups in total. The number of ether oxygens (including phenoxy) is 1. The van der Waals surface area contributed by atoms with Gasteiger partial charge in [-0.15, -0.1) is 0 Å². The summed E-state index contributed by atoms with van der Waals surface area (Å²) in [6, 6.07) is 7.65. The summed E-state index contributed by atoms with van der Waals surface area (Å²) >= 11 is 3.39. The van der Waals surface area contributed by atoms with Crippen LogP contribution in [-0.4, -0.2) is 37.0 Å². The molecule has 2 rings (SSSR count). The number of hydrogen-bond donors (Lipinski definition) is 1. The van der Waals surface area contributed by atoms with Crippen LogP contribution >= 0.6 is 15.9 Å². The van der Waals surface area contributed by atoms with Crippen LogP contribution in [0.3, 0.4) is 0 Å². The fraction of sp³-hybridized carbons (Fsp3) is 0.533. The number of nitrogens with zero attached hydrogens (tertiary/aromatic N) is 1. The zero-order valence-electron chi connectivity index (χ0n) is 11.6. The van der Waals surface area contributed by atoms with Crippen LogP contribution in [-0.2, 0) is 4.79 Å². The highest BCUT2D eigenvalue weighted by Crippen LogP contribution is 2.19. The van der Waals surface area contributed by atoms with Crippen molar-refractivity contribution in [3.05, 3.63) is 28.7 Å². The summed E-state index contributed by atoms with van der Waals surface area (Å²) in [4.78, 5) is 14.0. The Kier molecular flexibility index (Phi) is 5.86. The third-order valence-electron chi connectivity index (χ3n) is 3.68. The van der Waals surface area contributed by atoms with E-state index in [4.69, 9.17) is 10.5 Å². The van der Waals surface area contributed by atoms with Crippen molar-refractivity contribution in [2.24, 2.45) is 11.7 Å². The lowest BCUT2D eigenvalue weighted by atomic mass is 9.97. The molecule has 1 aliphatic heterocycles. The first-order chi connectivity index (χ1) is 9.69. The minimum absolute atomic E-state index is 0.176. The van der Waals surface area contributed by atoms with E-state index in [0.29, 0.717) is 18.9 Å². The molecule has 0 atom stereocenters. The molecule has 20 heavy (non-hydrogen) atoms. The molecule has 1 aromatic carbocycles. The smallest absolute Gasteiger partial charge is 0.225 e. The maximum Gasteiger partial charge on any atom is 0.225 e. The second-order valence-corrected chi connectivity index (χ2v) is 6.03. The number of benzene rings is 1. The number of carbonyl (C=O) groups is 1. The molecule has 0 radical (unpaired) electrons. The highest BCUT2D eigenvalue weighted by molar-refractivity contribution is 9.10. The standard InChI is InChI=1S/C15H21BrN2O2/c16-13-2-1-3-14(10-13)20-9-6-15(19)18-7-4-12(11-17)5-8-18/h1-3,10,12H,4-9,11,17H2. The molecule has 0 spiro atoms. The molecule has 1 fully saturated rings. The average molecular weight is 341 g/mol. The number of carbonyl (C=O) groups excluding carboxylic acids is 1. The summed E-state index contributed by atoms with van der Waals surface area (Å²) < 4.78 is 6.57. The van der Waals surface area contributed by atoms with E-state index < -0.39 is 0 Å². The Labute approximate surface area is 128 Å². The monoisotopic (exact) mass is 340 g/mol. The molecule has 0 bridgehead atoms. The van der Waals surface area contributed by atoms with Crippen LogP contribution in [0.5, 0.6) is 5.75 Å². The van der Waals surface area contributed by atoms with Crippen LogP contribution in [0.1, 0.15) is 19.3 Å². The molecule has 1 aliphatic rings. The lowest BCUT2D eigenvalue weighted by Gasteiger charge is -2.31. The van der Waals surface area contributed by atoms with Gasteiger partial charge in [-0.1, -0.05) is 22.0 Å². The van der Waals surface area contributed by atoms with Gasteiger partial charge in [0.2, 0.25) is 5.91 Å². The molecule has 1 amide bonds. The quantitative estimate of drug-likeness (QED) is 0.895. The topological polar surface area (TPSA) is 55.6 Å². The van der Waals surface area contributed by atoms with Gasteiger partial charge in [-0.25, -0.2) is 0 Å². The van der Waals surface area contributed by atoms with E-state index in [2.05, 4.69) is 15.9 Å². The van der Waals surface area contributed by atoms with Crippen molar-refractivity contribution in [2.45, 2.75) is 19.3 Å². The van der Waals surface area contributed by atoms with Crippen molar-refractivity contribution in [2.75, 3.05) is 26.2 Å². The minimum atomic E-state index is 0.176. The third kappa shape index (κ3) is 4.49. The Morgan fingerprint density at radius 3 is 2.80 bits per heavy atom. The highest BCUT2D eigenvalue weighted by atomic mass is 79.9. The number of rotatable bonds is 5. The molecular weight excluding hydrogens is 320 g/mol. The van der Waals surface area contributed by atoms with Crippen LogP contribution in [0, 0.1) is 5.92 Å². The van der Waals surface area contributed by atoms with Crippen molar-refractivity contribution >= 4 is 21.8 Å². The molecule has 1 aromatic rings. The van der Waals surface area contributed by atoms with Gasteiger partial charge in [-0.05, 0) is 43.5 Å². The first-order valence-electron chi connectivity index (χ1n) is 7.05. The van der Waals surface area contributed by atoms with Crippen molar-refractivity contribution in [3.8, 4) is 5.75 Å². The number of nitrogens with two attached hydrogens (primary N) is 1. The Hall–Kier alpha value is -1.07. The van der Waals surface area contributed by atoms with Gasteiger partial charge in [0.05, 0.1) is 13.0 Å². The largest absolute Gasteiger partial charge is 0.493 e. The van der Waals surface area contributed by atoms with Crippen molar-refractivity contribution in [3.63, 3.8) is 0 Å². The summed E-state index contributed by atoms with van der Waals surface area (Å²) in [5, 5.41) is 0. The molecular formula is C15H21BrN2O2. The average Bonchev–Trinajstić information content (AvgIpc) is 2.47. The van der Waals surface area contributed by atoms with Crippen LogP contribution in [0.2, 0.25) is 0 Å². The van der Waals surface area contributed by atoms with E-state index in [1.807, 2.05) is 29.2 Å². The molecule has 1 saturated heterocycles. The van der Waals surface area contributed by atoms with Crippen LogP contribution in [0.15, 0.2) is 28.7 Å².